The summed E-state index contributed by atoms with van der Waals surface area (Å²) in [5, 5.41) is 9.49. The Kier molecular flexibility index (Phi) is 5.26. The van der Waals surface area contributed by atoms with Crippen molar-refractivity contribution in [2.75, 3.05) is 0 Å². The van der Waals surface area contributed by atoms with Crippen LogP contribution in [0.5, 0.6) is 0 Å². The zero-order chi connectivity index (χ0) is 7.82. The second-order valence-corrected chi connectivity index (χ2v) is 1.59. The molecule has 54 valence electrons. The molecule has 1 rings (SSSR count). The maximum Gasteiger partial charge on any atom is 0.273 e. The first-order valence-electron chi connectivity index (χ1n) is 2.30. The van der Waals surface area contributed by atoms with Gasteiger partial charge in [0.15, 0.2) is 0 Å². The summed E-state index contributed by atoms with van der Waals surface area (Å²) in [5.41, 5.74) is 4.34. The van der Waals surface area contributed by atoms with Crippen LogP contribution in [0, 0.1) is 0 Å². The Morgan fingerprint density at radius 3 is 1.90 bits per heavy atom. The van der Waals surface area contributed by atoms with Crippen LogP contribution in [-0.4, -0.2) is 20.6 Å². The second kappa shape index (κ2) is 5.96. The van der Waals surface area contributed by atoms with E-state index in [9.17, 15) is 0 Å². The summed E-state index contributed by atoms with van der Waals surface area (Å²) >= 11 is 3.10. The third-order valence-corrected chi connectivity index (χ3v) is 0.409. The third kappa shape index (κ3) is 9.95. The minimum Gasteiger partial charge on any atom is -0.361 e. The number of amides is 1. The van der Waals surface area contributed by atoms with Crippen molar-refractivity contribution in [2.45, 2.75) is 0 Å². The van der Waals surface area contributed by atoms with Crippen LogP contribution in [0.1, 0.15) is 0 Å². The zero-order valence-electron chi connectivity index (χ0n) is 5.01. The second-order valence-electron chi connectivity index (χ2n) is 1.15. The van der Waals surface area contributed by atoms with Crippen LogP contribution in [-0.2, 0) is 0 Å². The van der Waals surface area contributed by atoms with Gasteiger partial charge in [-0.15, -0.1) is 10.2 Å². The Morgan fingerprint density at radius 2 is 1.80 bits per heavy atom. The minimum absolute atomic E-state index is 0.639. The van der Waals surface area contributed by atoms with Gasteiger partial charge in [0, 0.05) is 0 Å². The van der Waals surface area contributed by atoms with Crippen molar-refractivity contribution in [3.8, 4) is 0 Å². The molecule has 0 atom stereocenters. The Labute approximate surface area is 63.1 Å². The van der Waals surface area contributed by atoms with Gasteiger partial charge in [-0.05, 0) is 11.3 Å². The van der Waals surface area contributed by atoms with Crippen LogP contribution in [0.25, 0.3) is 0 Å². The molecular weight excluding hydrogens is 152 g/mol. The standard InChI is InChI=1S/C3H3N3.CH3NOS/c1-2-4-6-5-3-1;2-1(3)4/h1-3H;(H3,2,3,4). The van der Waals surface area contributed by atoms with Crippen LogP contribution < -0.4 is 5.73 Å². The SMILES string of the molecule is NC(=O)S.c1cnnnc1. The molecule has 2 N–H and O–H groups in total. The van der Waals surface area contributed by atoms with Crippen molar-refractivity contribution in [1.29, 1.82) is 0 Å². The van der Waals surface area contributed by atoms with Crippen molar-refractivity contribution in [3.05, 3.63) is 18.5 Å². The first-order chi connectivity index (χ1) is 4.73. The lowest BCUT2D eigenvalue weighted by atomic mass is 10.7. The Balaban J connectivity index is 0.000000180. The Morgan fingerprint density at radius 1 is 1.40 bits per heavy atom. The van der Waals surface area contributed by atoms with Gasteiger partial charge in [-0.1, -0.05) is 12.6 Å². The molecule has 0 fully saturated rings. The molecule has 1 aromatic heterocycles. The fraction of sp³-hybridized carbons (Fsp3) is 0. The van der Waals surface area contributed by atoms with E-state index in [1.165, 1.54) is 0 Å². The van der Waals surface area contributed by atoms with Gasteiger partial charge < -0.3 is 5.73 Å². The average molecular weight is 158 g/mol. The summed E-state index contributed by atoms with van der Waals surface area (Å²) < 4.78 is 0. The Bertz CT molecular complexity index is 149. The van der Waals surface area contributed by atoms with Gasteiger partial charge in [0.05, 0.1) is 12.4 Å². The summed E-state index contributed by atoms with van der Waals surface area (Å²) in [6.45, 7) is 0. The summed E-state index contributed by atoms with van der Waals surface area (Å²) in [6, 6.07) is 1.72. The number of carbonyl (C=O) groups is 1. The molecule has 0 unspecified atom stereocenters. The van der Waals surface area contributed by atoms with Gasteiger partial charge in [0.1, 0.15) is 0 Å². The van der Waals surface area contributed by atoms with Crippen molar-refractivity contribution in [3.63, 3.8) is 0 Å². The summed E-state index contributed by atoms with van der Waals surface area (Å²) in [4.78, 5) is 9.09. The van der Waals surface area contributed by atoms with Gasteiger partial charge in [0.2, 0.25) is 0 Å². The van der Waals surface area contributed by atoms with E-state index in [0.717, 1.165) is 0 Å². The monoisotopic (exact) mass is 158 g/mol. The number of rotatable bonds is 0. The molecule has 0 spiro atoms. The van der Waals surface area contributed by atoms with E-state index in [1.807, 2.05) is 0 Å². The van der Waals surface area contributed by atoms with Crippen molar-refractivity contribution in [2.24, 2.45) is 5.73 Å². The molecule has 10 heavy (non-hydrogen) atoms. The highest BCUT2D eigenvalue weighted by Crippen LogP contribution is 1.62. The van der Waals surface area contributed by atoms with Crippen LogP contribution in [0.2, 0.25) is 0 Å². The van der Waals surface area contributed by atoms with E-state index in [1.54, 1.807) is 18.5 Å². The first-order valence-corrected chi connectivity index (χ1v) is 2.75. The fourth-order valence-corrected chi connectivity index (χ4v) is 0.205. The number of hydrogen-bond acceptors (Lipinski definition) is 4. The number of nitrogens with zero attached hydrogens (tertiary/aromatic N) is 3. The van der Waals surface area contributed by atoms with Crippen LogP contribution >= 0.6 is 12.6 Å². The lowest BCUT2D eigenvalue weighted by molar-refractivity contribution is 0.267. The number of primary amides is 1. The van der Waals surface area contributed by atoms with E-state index < -0.39 is 5.24 Å². The molecule has 0 aliphatic carbocycles. The highest BCUT2D eigenvalue weighted by atomic mass is 32.1. The smallest absolute Gasteiger partial charge is 0.273 e. The molecule has 5 nitrogen and oxygen atoms in total. The van der Waals surface area contributed by atoms with Crippen molar-refractivity contribution in [1.82, 2.24) is 15.4 Å². The number of aromatic nitrogens is 3. The van der Waals surface area contributed by atoms with E-state index in [-0.39, 0.29) is 0 Å². The average Bonchev–Trinajstić information content (AvgIpc) is 1.90. The topological polar surface area (TPSA) is 81.8 Å². The molecule has 0 saturated carbocycles. The maximum absolute atomic E-state index is 9.09. The lowest BCUT2D eigenvalue weighted by Crippen LogP contribution is -1.95. The number of nitrogens with two attached hydrogens (primary N) is 1. The van der Waals surface area contributed by atoms with Gasteiger partial charge >= 0.3 is 0 Å². The fourth-order valence-electron chi connectivity index (χ4n) is 0.205. The molecule has 1 aromatic rings. The molecule has 1 heterocycles. The Hall–Kier alpha value is -1.17. The predicted molar refractivity (Wildman–Crippen MR) is 38.4 cm³/mol. The van der Waals surface area contributed by atoms with Crippen molar-refractivity contribution < 1.29 is 4.79 Å². The number of hydrogen-bond donors (Lipinski definition) is 2. The molecule has 6 heteroatoms. The largest absolute Gasteiger partial charge is 0.361 e. The molecule has 0 aliphatic rings. The number of carbonyl (C=O) groups excluding carboxylic acids is 1. The van der Waals surface area contributed by atoms with E-state index in [4.69, 9.17) is 4.79 Å². The van der Waals surface area contributed by atoms with Gasteiger partial charge in [-0.25, -0.2) is 0 Å². The minimum atomic E-state index is -0.639. The van der Waals surface area contributed by atoms with E-state index >= 15 is 0 Å². The molecular formula is C4H6N4OS. The predicted octanol–water partition coefficient (Wildman–Crippen LogP) is -0.133. The molecule has 0 aliphatic heterocycles. The molecule has 0 bridgehead atoms. The van der Waals surface area contributed by atoms with Crippen LogP contribution in [0.15, 0.2) is 18.5 Å². The highest BCUT2D eigenvalue weighted by molar-refractivity contribution is 7.96. The number of thiol groups is 1. The molecule has 0 aromatic carbocycles. The quantitative estimate of drug-likeness (QED) is 0.515. The van der Waals surface area contributed by atoms with E-state index in [2.05, 4.69) is 33.8 Å². The summed E-state index contributed by atoms with van der Waals surface area (Å²) in [7, 11) is 0. The van der Waals surface area contributed by atoms with Crippen LogP contribution in [0.4, 0.5) is 4.79 Å². The lowest BCUT2D eigenvalue weighted by Gasteiger charge is -1.68. The van der Waals surface area contributed by atoms with E-state index in [0.29, 0.717) is 0 Å². The van der Waals surface area contributed by atoms with Gasteiger partial charge in [0.25, 0.3) is 5.24 Å². The molecule has 0 radical (unpaired) electrons. The van der Waals surface area contributed by atoms with Crippen molar-refractivity contribution >= 4 is 17.9 Å². The first kappa shape index (κ1) is 8.83. The molecule has 1 amide bonds. The van der Waals surface area contributed by atoms with Crippen LogP contribution in [0.3, 0.4) is 0 Å². The third-order valence-electron chi connectivity index (χ3n) is 0.409. The molecule has 0 saturated heterocycles. The normalized spacial score (nSPS) is 7.30. The van der Waals surface area contributed by atoms with Gasteiger partial charge in [-0.3, -0.25) is 4.79 Å². The summed E-state index contributed by atoms with van der Waals surface area (Å²) in [5.74, 6) is 0. The zero-order valence-corrected chi connectivity index (χ0v) is 5.90. The maximum atomic E-state index is 9.09. The summed E-state index contributed by atoms with van der Waals surface area (Å²) in [6.07, 6.45) is 3.15. The van der Waals surface area contributed by atoms with Gasteiger partial charge in [-0.2, -0.15) is 0 Å². The highest BCUT2D eigenvalue weighted by Gasteiger charge is 1.63.